The van der Waals surface area contributed by atoms with Crippen LogP contribution in [0.15, 0.2) is 42.5 Å². The smallest absolute Gasteiger partial charge is 0.246 e. The lowest BCUT2D eigenvalue weighted by Gasteiger charge is -2.44. The largest absolute Gasteiger partial charge is 0.342 e. The monoisotopic (exact) mass is 446 g/mol. The molecule has 1 unspecified atom stereocenters. The summed E-state index contributed by atoms with van der Waals surface area (Å²) in [5.41, 5.74) is 3.87. The van der Waals surface area contributed by atoms with E-state index in [2.05, 4.69) is 17.4 Å². The number of hydrogen-bond donors (Lipinski definition) is 1. The van der Waals surface area contributed by atoms with Crippen LogP contribution < -0.4 is 5.32 Å². The molecule has 1 aliphatic heterocycles. The van der Waals surface area contributed by atoms with E-state index in [1.807, 2.05) is 26.0 Å². The zero-order chi connectivity index (χ0) is 23.5. The Bertz CT molecular complexity index is 1050. The lowest BCUT2D eigenvalue weighted by atomic mass is 9.85. The molecule has 0 saturated carbocycles. The minimum atomic E-state index is -0.593. The lowest BCUT2D eigenvalue weighted by Crippen LogP contribution is -2.66. The molecule has 1 fully saturated rings. The van der Waals surface area contributed by atoms with Gasteiger partial charge in [0.15, 0.2) is 0 Å². The van der Waals surface area contributed by atoms with Crippen LogP contribution in [0.1, 0.15) is 64.1 Å². The Morgan fingerprint density at radius 1 is 1.00 bits per heavy atom. The molecule has 2 amide bonds. The van der Waals surface area contributed by atoms with E-state index in [1.165, 1.54) is 17.2 Å². The van der Waals surface area contributed by atoms with E-state index in [9.17, 15) is 19.2 Å². The van der Waals surface area contributed by atoms with Crippen LogP contribution in [0.3, 0.4) is 0 Å². The normalized spacial score (nSPS) is 20.6. The van der Waals surface area contributed by atoms with Crippen molar-refractivity contribution in [3.05, 3.63) is 70.3 Å². The molecular weight excluding hydrogens is 416 g/mol. The number of nitrogens with one attached hydrogen (secondary N) is 1. The molecule has 2 aromatic carbocycles. The molecule has 1 saturated heterocycles. The highest BCUT2D eigenvalue weighted by Crippen LogP contribution is 2.33. The number of aldehydes is 2. The third-order valence-electron chi connectivity index (χ3n) is 7.27. The van der Waals surface area contributed by atoms with Gasteiger partial charge >= 0.3 is 0 Å². The van der Waals surface area contributed by atoms with E-state index in [4.69, 9.17) is 0 Å². The number of nitrogens with zero attached hydrogens (tertiary/aromatic N) is 1. The van der Waals surface area contributed by atoms with Gasteiger partial charge in [0.05, 0.1) is 0 Å². The zero-order valence-electron chi connectivity index (χ0n) is 19.1. The van der Waals surface area contributed by atoms with Crippen LogP contribution in [0.4, 0.5) is 0 Å². The number of benzene rings is 2. The molecule has 172 valence electrons. The van der Waals surface area contributed by atoms with Crippen molar-refractivity contribution in [1.29, 1.82) is 0 Å². The SMILES string of the molecule is CCC(CC)[C@@H]1C(=O)NC(C2Cc3ccccc3C2)C(=O)N1Cc1ccc(C=O)cc1C=O. The summed E-state index contributed by atoms with van der Waals surface area (Å²) in [6.07, 6.45) is 4.43. The van der Waals surface area contributed by atoms with Gasteiger partial charge in [-0.15, -0.1) is 0 Å². The average molecular weight is 447 g/mol. The second-order valence-corrected chi connectivity index (χ2v) is 9.10. The maximum atomic E-state index is 13.8. The van der Waals surface area contributed by atoms with Crippen LogP contribution >= 0.6 is 0 Å². The Hall–Kier alpha value is -3.28. The molecule has 1 aliphatic carbocycles. The molecule has 2 aliphatic rings. The van der Waals surface area contributed by atoms with Gasteiger partial charge < -0.3 is 10.2 Å². The van der Waals surface area contributed by atoms with Crippen LogP contribution in [-0.4, -0.2) is 41.4 Å². The van der Waals surface area contributed by atoms with Crippen molar-refractivity contribution in [2.45, 2.75) is 58.2 Å². The molecule has 0 radical (unpaired) electrons. The quantitative estimate of drug-likeness (QED) is 0.631. The fraction of sp³-hybridized carbons (Fsp3) is 0.407. The summed E-state index contributed by atoms with van der Waals surface area (Å²) in [6.45, 7) is 4.22. The number of rotatable bonds is 8. The molecule has 33 heavy (non-hydrogen) atoms. The first kappa shape index (κ1) is 22.9. The number of carbonyl (C=O) groups excluding carboxylic acids is 4. The molecule has 6 nitrogen and oxygen atoms in total. The average Bonchev–Trinajstić information content (AvgIpc) is 3.27. The second-order valence-electron chi connectivity index (χ2n) is 9.10. The van der Waals surface area contributed by atoms with Gasteiger partial charge in [0, 0.05) is 17.7 Å². The summed E-state index contributed by atoms with van der Waals surface area (Å²) < 4.78 is 0. The third kappa shape index (κ3) is 4.34. The number of fused-ring (bicyclic) bond motifs is 1. The maximum Gasteiger partial charge on any atom is 0.246 e. The molecular formula is C27H30N2O4. The second kappa shape index (κ2) is 9.69. The van der Waals surface area contributed by atoms with Gasteiger partial charge in [-0.05, 0) is 47.4 Å². The summed E-state index contributed by atoms with van der Waals surface area (Å²) >= 11 is 0. The van der Waals surface area contributed by atoms with Gasteiger partial charge in [0.1, 0.15) is 24.7 Å². The molecule has 1 N–H and O–H groups in total. The van der Waals surface area contributed by atoms with Gasteiger partial charge in [-0.25, -0.2) is 0 Å². The number of amides is 2. The summed E-state index contributed by atoms with van der Waals surface area (Å²) in [5.74, 6) is -0.196. The summed E-state index contributed by atoms with van der Waals surface area (Å²) in [5, 5.41) is 3.06. The first-order valence-electron chi connectivity index (χ1n) is 11.7. The summed E-state index contributed by atoms with van der Waals surface area (Å²) in [7, 11) is 0. The van der Waals surface area contributed by atoms with E-state index in [0.717, 1.165) is 25.7 Å². The molecule has 2 aromatic rings. The maximum absolute atomic E-state index is 13.8. The number of piperazine rings is 1. The molecule has 6 heteroatoms. The van der Waals surface area contributed by atoms with E-state index in [1.54, 1.807) is 17.0 Å². The molecule has 4 rings (SSSR count). The van der Waals surface area contributed by atoms with Crippen molar-refractivity contribution in [1.82, 2.24) is 10.2 Å². The predicted molar refractivity (Wildman–Crippen MR) is 125 cm³/mol. The molecule has 0 spiro atoms. The Morgan fingerprint density at radius 3 is 2.24 bits per heavy atom. The molecule has 1 heterocycles. The van der Waals surface area contributed by atoms with Gasteiger partial charge in [0.2, 0.25) is 11.8 Å². The Labute approximate surface area is 194 Å². The van der Waals surface area contributed by atoms with E-state index >= 15 is 0 Å². The van der Waals surface area contributed by atoms with Gasteiger partial charge in [-0.3, -0.25) is 19.2 Å². The van der Waals surface area contributed by atoms with Crippen LogP contribution in [-0.2, 0) is 29.0 Å². The lowest BCUT2D eigenvalue weighted by molar-refractivity contribution is -0.154. The van der Waals surface area contributed by atoms with E-state index < -0.39 is 12.1 Å². The van der Waals surface area contributed by atoms with Crippen molar-refractivity contribution < 1.29 is 19.2 Å². The highest BCUT2D eigenvalue weighted by molar-refractivity contribution is 5.97. The number of carbonyl (C=O) groups is 4. The van der Waals surface area contributed by atoms with Crippen molar-refractivity contribution >= 4 is 24.4 Å². The summed E-state index contributed by atoms with van der Waals surface area (Å²) in [6, 6.07) is 11.9. The van der Waals surface area contributed by atoms with E-state index in [0.29, 0.717) is 29.3 Å². The third-order valence-corrected chi connectivity index (χ3v) is 7.27. The minimum absolute atomic E-state index is 0.00647. The summed E-state index contributed by atoms with van der Waals surface area (Å²) in [4.78, 5) is 51.7. The van der Waals surface area contributed by atoms with E-state index in [-0.39, 0.29) is 30.2 Å². The Balaban J connectivity index is 1.67. The highest BCUT2D eigenvalue weighted by atomic mass is 16.2. The van der Waals surface area contributed by atoms with Gasteiger partial charge in [0.25, 0.3) is 0 Å². The highest BCUT2D eigenvalue weighted by Gasteiger charge is 2.47. The fourth-order valence-electron chi connectivity index (χ4n) is 5.41. The van der Waals surface area contributed by atoms with Crippen molar-refractivity contribution in [3.63, 3.8) is 0 Å². The van der Waals surface area contributed by atoms with Crippen LogP contribution in [0.25, 0.3) is 0 Å². The topological polar surface area (TPSA) is 83.6 Å². The molecule has 0 bridgehead atoms. The number of hydrogen-bond acceptors (Lipinski definition) is 4. The van der Waals surface area contributed by atoms with Gasteiger partial charge in [-0.1, -0.05) is 63.1 Å². The Morgan fingerprint density at radius 2 is 1.67 bits per heavy atom. The molecule has 0 aromatic heterocycles. The van der Waals surface area contributed by atoms with Crippen molar-refractivity contribution in [3.8, 4) is 0 Å². The fourth-order valence-corrected chi connectivity index (χ4v) is 5.41. The predicted octanol–water partition coefficient (Wildman–Crippen LogP) is 3.36. The van der Waals surface area contributed by atoms with Crippen LogP contribution in [0, 0.1) is 11.8 Å². The van der Waals surface area contributed by atoms with Gasteiger partial charge in [-0.2, -0.15) is 0 Å². The Kier molecular flexibility index (Phi) is 6.72. The van der Waals surface area contributed by atoms with Crippen molar-refractivity contribution in [2.75, 3.05) is 0 Å². The minimum Gasteiger partial charge on any atom is -0.342 e. The van der Waals surface area contributed by atoms with Crippen LogP contribution in [0.5, 0.6) is 0 Å². The standard InChI is InChI=1S/C27H30N2O4/c1-3-18(4-2)25-26(32)28-24(22-12-19-7-5-6-8-20(19)13-22)27(33)29(25)14-21-10-9-17(15-30)11-23(21)16-31/h5-11,15-16,18,22,24-25H,3-4,12-14H2,1-2H3,(H,28,32)/t24?,25-/m1/s1. The molecule has 2 atom stereocenters. The zero-order valence-corrected chi connectivity index (χ0v) is 19.1. The first-order valence-corrected chi connectivity index (χ1v) is 11.7. The van der Waals surface area contributed by atoms with Crippen LogP contribution in [0.2, 0.25) is 0 Å². The van der Waals surface area contributed by atoms with Crippen molar-refractivity contribution in [2.24, 2.45) is 11.8 Å². The first-order chi connectivity index (χ1) is 16.0.